The number of hydrogen-bond acceptors (Lipinski definition) is 2. The summed E-state index contributed by atoms with van der Waals surface area (Å²) in [4.78, 5) is 0. The summed E-state index contributed by atoms with van der Waals surface area (Å²) >= 11 is 1.92. The first-order chi connectivity index (χ1) is 4.18. The standard InChI is InChI=1S/C7H14OS/c1-5-4-6(2)9-7(3)8-5/h5-7H,4H2,1-3H3/t5-,6-,7+/m0/s1. The molecule has 2 heteroatoms. The van der Waals surface area contributed by atoms with Gasteiger partial charge in [-0.3, -0.25) is 0 Å². The van der Waals surface area contributed by atoms with Crippen molar-refractivity contribution in [1.82, 2.24) is 0 Å². The molecule has 1 fully saturated rings. The SMILES string of the molecule is C[C@@H]1O[C@@H](C)C[C@H](C)S1. The molecule has 9 heavy (non-hydrogen) atoms. The van der Waals surface area contributed by atoms with Gasteiger partial charge in [0.15, 0.2) is 0 Å². The zero-order valence-electron chi connectivity index (χ0n) is 6.26. The molecule has 1 nitrogen and oxygen atoms in total. The van der Waals surface area contributed by atoms with Crippen molar-refractivity contribution in [2.75, 3.05) is 0 Å². The second kappa shape index (κ2) is 2.93. The van der Waals surface area contributed by atoms with Crippen LogP contribution in [0.25, 0.3) is 0 Å². The van der Waals surface area contributed by atoms with Crippen molar-refractivity contribution < 1.29 is 4.74 Å². The van der Waals surface area contributed by atoms with Crippen LogP contribution in [0.4, 0.5) is 0 Å². The molecular weight excluding hydrogens is 132 g/mol. The lowest BCUT2D eigenvalue weighted by atomic mass is 10.2. The summed E-state index contributed by atoms with van der Waals surface area (Å²) in [6.07, 6.45) is 1.67. The first kappa shape index (κ1) is 7.42. The quantitative estimate of drug-likeness (QED) is 0.518. The summed E-state index contributed by atoms with van der Waals surface area (Å²) in [7, 11) is 0. The first-order valence-electron chi connectivity index (χ1n) is 3.49. The van der Waals surface area contributed by atoms with E-state index in [0.29, 0.717) is 11.5 Å². The highest BCUT2D eigenvalue weighted by molar-refractivity contribution is 8.00. The summed E-state index contributed by atoms with van der Waals surface area (Å²) in [5.74, 6) is 0. The minimum absolute atomic E-state index is 0.406. The van der Waals surface area contributed by atoms with Crippen LogP contribution in [0.1, 0.15) is 27.2 Å². The molecule has 0 amide bonds. The average Bonchev–Trinajstić information content (AvgIpc) is 1.59. The maximum absolute atomic E-state index is 5.52. The van der Waals surface area contributed by atoms with E-state index < -0.39 is 0 Å². The van der Waals surface area contributed by atoms with Gasteiger partial charge in [0.25, 0.3) is 0 Å². The van der Waals surface area contributed by atoms with Crippen LogP contribution < -0.4 is 0 Å². The fourth-order valence-electron chi connectivity index (χ4n) is 1.26. The molecule has 0 unspecified atom stereocenters. The third kappa shape index (κ3) is 2.18. The molecule has 0 aliphatic carbocycles. The van der Waals surface area contributed by atoms with Gasteiger partial charge in [-0.05, 0) is 20.3 Å². The number of rotatable bonds is 0. The zero-order chi connectivity index (χ0) is 6.85. The van der Waals surface area contributed by atoms with Crippen molar-refractivity contribution in [3.05, 3.63) is 0 Å². The molecule has 3 atom stereocenters. The van der Waals surface area contributed by atoms with E-state index in [1.54, 1.807) is 0 Å². The Bertz CT molecular complexity index is 69.9. The highest BCUT2D eigenvalue weighted by Gasteiger charge is 2.20. The van der Waals surface area contributed by atoms with Gasteiger partial charge in [-0.15, -0.1) is 11.8 Å². The lowest BCUT2D eigenvalue weighted by Crippen LogP contribution is -2.25. The lowest BCUT2D eigenvalue weighted by Gasteiger charge is -2.29. The van der Waals surface area contributed by atoms with Crippen LogP contribution in [0.15, 0.2) is 0 Å². The molecule has 1 saturated heterocycles. The van der Waals surface area contributed by atoms with E-state index in [2.05, 4.69) is 20.8 Å². The molecule has 1 aliphatic heterocycles. The smallest absolute Gasteiger partial charge is 0.101 e. The zero-order valence-corrected chi connectivity index (χ0v) is 7.07. The van der Waals surface area contributed by atoms with E-state index in [1.807, 2.05) is 11.8 Å². The van der Waals surface area contributed by atoms with Crippen molar-refractivity contribution in [1.29, 1.82) is 0 Å². The van der Waals surface area contributed by atoms with Crippen LogP contribution in [-0.2, 0) is 4.74 Å². The van der Waals surface area contributed by atoms with Crippen molar-refractivity contribution in [2.45, 2.75) is 44.0 Å². The molecule has 54 valence electrons. The molecule has 1 rings (SSSR count). The molecule has 0 aromatic carbocycles. The molecule has 0 spiro atoms. The van der Waals surface area contributed by atoms with Crippen LogP contribution in [0.3, 0.4) is 0 Å². The Morgan fingerprint density at radius 3 is 2.44 bits per heavy atom. The second-order valence-corrected chi connectivity index (χ2v) is 4.44. The Morgan fingerprint density at radius 2 is 2.00 bits per heavy atom. The second-order valence-electron chi connectivity index (χ2n) is 2.70. The number of hydrogen-bond donors (Lipinski definition) is 0. The van der Waals surface area contributed by atoms with Gasteiger partial charge in [-0.25, -0.2) is 0 Å². The highest BCUT2D eigenvalue weighted by Crippen LogP contribution is 2.29. The fraction of sp³-hybridized carbons (Fsp3) is 1.00. The Hall–Kier alpha value is 0.310. The highest BCUT2D eigenvalue weighted by atomic mass is 32.2. The van der Waals surface area contributed by atoms with Crippen molar-refractivity contribution in [2.24, 2.45) is 0 Å². The number of thioether (sulfide) groups is 1. The van der Waals surface area contributed by atoms with Gasteiger partial charge in [-0.2, -0.15) is 0 Å². The normalized spacial score (nSPS) is 45.0. The van der Waals surface area contributed by atoms with Gasteiger partial charge in [0.1, 0.15) is 5.44 Å². The van der Waals surface area contributed by atoms with Gasteiger partial charge in [0.05, 0.1) is 6.10 Å². The largest absolute Gasteiger partial charge is 0.365 e. The molecule has 0 bridgehead atoms. The molecule has 0 radical (unpaired) electrons. The Morgan fingerprint density at radius 1 is 1.33 bits per heavy atom. The summed E-state index contributed by atoms with van der Waals surface area (Å²) in [5, 5.41) is 0.781. The maximum atomic E-state index is 5.52. The molecule has 0 saturated carbocycles. The van der Waals surface area contributed by atoms with Crippen LogP contribution >= 0.6 is 11.8 Å². The summed E-state index contributed by atoms with van der Waals surface area (Å²) in [6.45, 7) is 6.53. The molecule has 1 heterocycles. The summed E-state index contributed by atoms with van der Waals surface area (Å²) < 4.78 is 5.52. The van der Waals surface area contributed by atoms with Gasteiger partial charge in [-0.1, -0.05) is 6.92 Å². The van der Waals surface area contributed by atoms with E-state index in [0.717, 1.165) is 5.25 Å². The fourth-order valence-corrected chi connectivity index (χ4v) is 2.56. The molecule has 1 aliphatic rings. The van der Waals surface area contributed by atoms with E-state index in [9.17, 15) is 0 Å². The monoisotopic (exact) mass is 146 g/mol. The predicted molar refractivity (Wildman–Crippen MR) is 41.7 cm³/mol. The van der Waals surface area contributed by atoms with Gasteiger partial charge in [0, 0.05) is 5.25 Å². The van der Waals surface area contributed by atoms with Crippen LogP contribution in [0.5, 0.6) is 0 Å². The van der Waals surface area contributed by atoms with Gasteiger partial charge >= 0.3 is 0 Å². The molecule has 0 aromatic heterocycles. The minimum Gasteiger partial charge on any atom is -0.365 e. The minimum atomic E-state index is 0.406. The number of ether oxygens (including phenoxy) is 1. The summed E-state index contributed by atoms with van der Waals surface area (Å²) in [5.41, 5.74) is 0.406. The van der Waals surface area contributed by atoms with Crippen LogP contribution in [0, 0.1) is 0 Å². The summed E-state index contributed by atoms with van der Waals surface area (Å²) in [6, 6.07) is 0. The van der Waals surface area contributed by atoms with Crippen molar-refractivity contribution in [3.8, 4) is 0 Å². The van der Waals surface area contributed by atoms with E-state index >= 15 is 0 Å². The average molecular weight is 146 g/mol. The van der Waals surface area contributed by atoms with Crippen LogP contribution in [-0.4, -0.2) is 16.8 Å². The van der Waals surface area contributed by atoms with Crippen molar-refractivity contribution in [3.63, 3.8) is 0 Å². The molecule has 0 aromatic rings. The third-order valence-electron chi connectivity index (χ3n) is 1.51. The van der Waals surface area contributed by atoms with E-state index in [4.69, 9.17) is 4.74 Å². The lowest BCUT2D eigenvalue weighted by molar-refractivity contribution is 0.0419. The van der Waals surface area contributed by atoms with E-state index in [1.165, 1.54) is 6.42 Å². The van der Waals surface area contributed by atoms with Gasteiger partial charge in [0.2, 0.25) is 0 Å². The predicted octanol–water partition coefficient (Wildman–Crippen LogP) is 2.26. The van der Waals surface area contributed by atoms with Gasteiger partial charge < -0.3 is 4.74 Å². The maximum Gasteiger partial charge on any atom is 0.101 e. The topological polar surface area (TPSA) is 9.23 Å². The Balaban J connectivity index is 2.34. The molecular formula is C7H14OS. The molecule has 0 N–H and O–H groups in total. The Kier molecular flexibility index (Phi) is 2.42. The Labute approximate surface area is 61.2 Å². The third-order valence-corrected chi connectivity index (χ3v) is 2.66. The van der Waals surface area contributed by atoms with E-state index in [-0.39, 0.29) is 0 Å². The van der Waals surface area contributed by atoms with Crippen LogP contribution in [0.2, 0.25) is 0 Å². The van der Waals surface area contributed by atoms with Crippen molar-refractivity contribution >= 4 is 11.8 Å². The first-order valence-corrected chi connectivity index (χ1v) is 4.43.